The number of amides is 1. The third-order valence-electron chi connectivity index (χ3n) is 4.27. The molecule has 0 atom stereocenters. The van der Waals surface area contributed by atoms with Gasteiger partial charge in [0.1, 0.15) is 11.9 Å². The fourth-order valence-corrected chi connectivity index (χ4v) is 2.30. The number of nitriles is 1. The molecule has 0 unspecified atom stereocenters. The standard InChI is InChI=1S/C18H17FN4O.C2HF3O2/c19-14-3-6-16(13(9-14)10-20)23-15-4-1-12(2-5-15)11-22-17(24)18(21)7-8-18;3-2(4,5)1(6)7/h1-6,9,23H,7-8,11,21H2,(H,22,24);(H,6,7). The van der Waals surface area contributed by atoms with Crippen LogP contribution in [0.15, 0.2) is 42.5 Å². The maximum Gasteiger partial charge on any atom is 0.490 e. The molecule has 7 nitrogen and oxygen atoms in total. The molecule has 2 aromatic rings. The van der Waals surface area contributed by atoms with Crippen LogP contribution in [0.3, 0.4) is 0 Å². The van der Waals surface area contributed by atoms with Gasteiger partial charge >= 0.3 is 12.1 Å². The van der Waals surface area contributed by atoms with E-state index in [-0.39, 0.29) is 11.5 Å². The van der Waals surface area contributed by atoms with Gasteiger partial charge in [-0.15, -0.1) is 0 Å². The molecule has 1 aliphatic carbocycles. The maximum absolute atomic E-state index is 13.1. The van der Waals surface area contributed by atoms with E-state index in [1.165, 1.54) is 18.2 Å². The Balaban J connectivity index is 0.000000423. The second-order valence-corrected chi connectivity index (χ2v) is 6.77. The number of nitrogens with zero attached hydrogens (tertiary/aromatic N) is 1. The van der Waals surface area contributed by atoms with E-state index in [0.717, 1.165) is 24.1 Å². The smallest absolute Gasteiger partial charge is 0.475 e. The highest BCUT2D eigenvalue weighted by atomic mass is 19.4. The summed E-state index contributed by atoms with van der Waals surface area (Å²) in [4.78, 5) is 20.7. The minimum absolute atomic E-state index is 0.116. The van der Waals surface area contributed by atoms with Crippen molar-refractivity contribution >= 4 is 23.3 Å². The summed E-state index contributed by atoms with van der Waals surface area (Å²) >= 11 is 0. The Labute approximate surface area is 174 Å². The number of carbonyl (C=O) groups is 2. The molecule has 1 aliphatic rings. The highest BCUT2D eigenvalue weighted by molar-refractivity contribution is 5.88. The molecular formula is C20H18F4N4O3. The number of aliphatic carboxylic acids is 1. The molecule has 31 heavy (non-hydrogen) atoms. The summed E-state index contributed by atoms with van der Waals surface area (Å²) in [5.41, 5.74) is 7.65. The van der Waals surface area contributed by atoms with Crippen LogP contribution in [0.1, 0.15) is 24.0 Å². The molecule has 2 aromatic carbocycles. The van der Waals surface area contributed by atoms with Gasteiger partial charge in [0.05, 0.1) is 16.8 Å². The van der Waals surface area contributed by atoms with Crippen LogP contribution in [0.25, 0.3) is 0 Å². The Morgan fingerprint density at radius 3 is 2.23 bits per heavy atom. The van der Waals surface area contributed by atoms with Crippen LogP contribution in [0.4, 0.5) is 28.9 Å². The Hall–Kier alpha value is -3.65. The number of nitrogens with one attached hydrogen (secondary N) is 2. The van der Waals surface area contributed by atoms with Gasteiger partial charge < -0.3 is 21.5 Å². The van der Waals surface area contributed by atoms with Gasteiger partial charge in [-0.25, -0.2) is 9.18 Å². The molecule has 164 valence electrons. The van der Waals surface area contributed by atoms with Crippen molar-refractivity contribution in [2.75, 3.05) is 5.32 Å². The molecule has 0 saturated heterocycles. The van der Waals surface area contributed by atoms with Crippen LogP contribution < -0.4 is 16.4 Å². The van der Waals surface area contributed by atoms with E-state index in [2.05, 4.69) is 10.6 Å². The van der Waals surface area contributed by atoms with E-state index >= 15 is 0 Å². The van der Waals surface area contributed by atoms with Crippen molar-refractivity contribution < 1.29 is 32.3 Å². The van der Waals surface area contributed by atoms with E-state index < -0.39 is 23.5 Å². The molecule has 1 fully saturated rings. The normalized spacial score (nSPS) is 13.8. The molecule has 0 aromatic heterocycles. The van der Waals surface area contributed by atoms with E-state index in [4.69, 9.17) is 20.9 Å². The van der Waals surface area contributed by atoms with Crippen molar-refractivity contribution in [3.05, 3.63) is 59.4 Å². The zero-order valence-electron chi connectivity index (χ0n) is 16.0. The van der Waals surface area contributed by atoms with Crippen molar-refractivity contribution in [1.82, 2.24) is 5.32 Å². The highest BCUT2D eigenvalue weighted by Gasteiger charge is 2.45. The number of carbonyl (C=O) groups excluding carboxylic acids is 1. The molecule has 11 heteroatoms. The van der Waals surface area contributed by atoms with Gasteiger partial charge in [-0.3, -0.25) is 4.79 Å². The van der Waals surface area contributed by atoms with Crippen molar-refractivity contribution in [3.8, 4) is 6.07 Å². The van der Waals surface area contributed by atoms with Crippen molar-refractivity contribution in [1.29, 1.82) is 5.26 Å². The predicted octanol–water partition coefficient (Wildman–Crippen LogP) is 3.18. The summed E-state index contributed by atoms with van der Waals surface area (Å²) in [6.45, 7) is 0.415. The molecule has 0 bridgehead atoms. The van der Waals surface area contributed by atoms with E-state index in [1.807, 2.05) is 30.3 Å². The second kappa shape index (κ2) is 9.44. The lowest BCUT2D eigenvalue weighted by atomic mass is 10.1. The monoisotopic (exact) mass is 438 g/mol. The number of benzene rings is 2. The topological polar surface area (TPSA) is 128 Å². The number of hydrogen-bond donors (Lipinski definition) is 4. The zero-order chi connectivity index (χ0) is 23.2. The predicted molar refractivity (Wildman–Crippen MR) is 103 cm³/mol. The number of alkyl halides is 3. The molecular weight excluding hydrogens is 420 g/mol. The lowest BCUT2D eigenvalue weighted by Gasteiger charge is -2.11. The van der Waals surface area contributed by atoms with E-state index in [1.54, 1.807) is 0 Å². The first-order valence-corrected chi connectivity index (χ1v) is 8.87. The Kier molecular flexibility index (Phi) is 7.20. The minimum Gasteiger partial charge on any atom is -0.475 e. The van der Waals surface area contributed by atoms with Crippen LogP contribution in [0.5, 0.6) is 0 Å². The summed E-state index contributed by atoms with van der Waals surface area (Å²) in [5, 5.41) is 22.1. The number of halogens is 4. The third-order valence-corrected chi connectivity index (χ3v) is 4.27. The van der Waals surface area contributed by atoms with E-state index in [0.29, 0.717) is 12.2 Å². The summed E-state index contributed by atoms with van der Waals surface area (Å²) in [7, 11) is 0. The first-order valence-electron chi connectivity index (χ1n) is 8.87. The Morgan fingerprint density at radius 2 is 1.74 bits per heavy atom. The summed E-state index contributed by atoms with van der Waals surface area (Å²) < 4.78 is 44.9. The molecule has 1 saturated carbocycles. The SMILES string of the molecule is N#Cc1cc(F)ccc1Nc1ccc(CNC(=O)C2(N)CC2)cc1.O=C(O)C(F)(F)F. The number of anilines is 2. The van der Waals surface area contributed by atoms with Crippen LogP contribution in [0.2, 0.25) is 0 Å². The number of hydrogen-bond acceptors (Lipinski definition) is 5. The van der Waals surface area contributed by atoms with Gasteiger partial charge in [0.15, 0.2) is 0 Å². The van der Waals surface area contributed by atoms with Crippen molar-refractivity contribution in [3.63, 3.8) is 0 Å². The number of carboxylic acids is 1. The summed E-state index contributed by atoms with van der Waals surface area (Å²) in [5.74, 6) is -3.32. The van der Waals surface area contributed by atoms with Gasteiger partial charge in [0.2, 0.25) is 5.91 Å². The molecule has 0 spiro atoms. The number of nitrogens with two attached hydrogens (primary N) is 1. The van der Waals surface area contributed by atoms with Gasteiger partial charge in [-0.1, -0.05) is 12.1 Å². The average Bonchev–Trinajstić information content (AvgIpc) is 3.47. The highest BCUT2D eigenvalue weighted by Crippen LogP contribution is 2.32. The molecule has 0 aliphatic heterocycles. The van der Waals surface area contributed by atoms with Crippen LogP contribution in [-0.2, 0) is 16.1 Å². The lowest BCUT2D eigenvalue weighted by molar-refractivity contribution is -0.192. The van der Waals surface area contributed by atoms with E-state index in [9.17, 15) is 22.4 Å². The number of rotatable bonds is 5. The first kappa shape index (κ1) is 23.6. The van der Waals surface area contributed by atoms with Crippen LogP contribution in [-0.4, -0.2) is 28.7 Å². The fourth-order valence-electron chi connectivity index (χ4n) is 2.30. The lowest BCUT2D eigenvalue weighted by Crippen LogP contribution is -2.42. The van der Waals surface area contributed by atoms with Gasteiger partial charge in [0.25, 0.3) is 0 Å². The average molecular weight is 438 g/mol. The Morgan fingerprint density at radius 1 is 1.16 bits per heavy atom. The van der Waals surface area contributed by atoms with Crippen molar-refractivity contribution in [2.24, 2.45) is 5.73 Å². The molecule has 3 rings (SSSR count). The maximum atomic E-state index is 13.1. The van der Waals surface area contributed by atoms with Gasteiger partial charge in [-0.05, 0) is 48.7 Å². The van der Waals surface area contributed by atoms with Gasteiger partial charge in [-0.2, -0.15) is 18.4 Å². The quantitative estimate of drug-likeness (QED) is 0.531. The molecule has 1 amide bonds. The van der Waals surface area contributed by atoms with Gasteiger partial charge in [0, 0.05) is 12.2 Å². The minimum atomic E-state index is -5.08. The fraction of sp³-hybridized carbons (Fsp3) is 0.250. The summed E-state index contributed by atoms with van der Waals surface area (Å²) in [6.07, 6.45) is -3.61. The van der Waals surface area contributed by atoms with Crippen LogP contribution in [0, 0.1) is 17.1 Å². The molecule has 0 heterocycles. The number of carboxylic acid groups (broad SMARTS) is 1. The largest absolute Gasteiger partial charge is 0.490 e. The Bertz CT molecular complexity index is 997. The first-order chi connectivity index (χ1) is 14.4. The zero-order valence-corrected chi connectivity index (χ0v) is 16.0. The van der Waals surface area contributed by atoms with Crippen LogP contribution >= 0.6 is 0 Å². The molecule has 0 radical (unpaired) electrons. The molecule has 5 N–H and O–H groups in total. The second-order valence-electron chi connectivity index (χ2n) is 6.77. The third kappa shape index (κ3) is 6.97. The van der Waals surface area contributed by atoms with Crippen molar-refractivity contribution in [2.45, 2.75) is 31.1 Å². The summed E-state index contributed by atoms with van der Waals surface area (Å²) in [6, 6.07) is 13.4.